The first-order valence-corrected chi connectivity index (χ1v) is 8.68. The molecule has 134 valence electrons. The van der Waals surface area contributed by atoms with Crippen LogP contribution >= 0.6 is 0 Å². The first-order valence-electron chi connectivity index (χ1n) is 8.68. The van der Waals surface area contributed by atoms with Gasteiger partial charge in [-0.1, -0.05) is 6.08 Å². The Morgan fingerprint density at radius 3 is 3.00 bits per heavy atom. The fourth-order valence-electron chi connectivity index (χ4n) is 2.84. The summed E-state index contributed by atoms with van der Waals surface area (Å²) in [4.78, 5) is 13.3. The molecule has 1 aromatic rings. The standard InChI is InChI=1S/C18H30N4O2/c1-5-6-8-16(14-22-9-7-11-23-12-10-22)24-18-19-13-15(2)17(20-18)21(3)4/h5,13,16H,1,6-12,14H2,2-4H3. The first-order chi connectivity index (χ1) is 11.6. The van der Waals surface area contributed by atoms with Gasteiger partial charge in [-0.2, -0.15) is 4.98 Å². The molecule has 2 heterocycles. The first kappa shape index (κ1) is 18.7. The van der Waals surface area contributed by atoms with Gasteiger partial charge in [0.1, 0.15) is 11.9 Å². The zero-order chi connectivity index (χ0) is 17.4. The molecule has 0 bridgehead atoms. The van der Waals surface area contributed by atoms with Crippen molar-refractivity contribution in [3.63, 3.8) is 0 Å². The summed E-state index contributed by atoms with van der Waals surface area (Å²) in [6, 6.07) is 0.449. The number of nitrogens with zero attached hydrogens (tertiary/aromatic N) is 4. The zero-order valence-electron chi connectivity index (χ0n) is 15.2. The van der Waals surface area contributed by atoms with Crippen molar-refractivity contribution < 1.29 is 9.47 Å². The van der Waals surface area contributed by atoms with E-state index in [4.69, 9.17) is 9.47 Å². The van der Waals surface area contributed by atoms with Crippen molar-refractivity contribution in [3.8, 4) is 6.01 Å². The Morgan fingerprint density at radius 1 is 1.42 bits per heavy atom. The molecule has 6 nitrogen and oxygen atoms in total. The van der Waals surface area contributed by atoms with Crippen molar-refractivity contribution in [2.75, 3.05) is 51.8 Å². The fourth-order valence-corrected chi connectivity index (χ4v) is 2.84. The van der Waals surface area contributed by atoms with Gasteiger partial charge in [-0.25, -0.2) is 4.98 Å². The molecule has 2 rings (SSSR count). The van der Waals surface area contributed by atoms with Gasteiger partial charge in [-0.05, 0) is 26.2 Å². The molecule has 0 spiro atoms. The molecule has 0 amide bonds. The molecule has 1 atom stereocenters. The van der Waals surface area contributed by atoms with Crippen LogP contribution in [-0.4, -0.2) is 67.9 Å². The lowest BCUT2D eigenvalue weighted by Gasteiger charge is -2.26. The van der Waals surface area contributed by atoms with Crippen molar-refractivity contribution >= 4 is 5.82 Å². The lowest BCUT2D eigenvalue weighted by Crippen LogP contribution is -2.37. The Hall–Kier alpha value is -1.66. The van der Waals surface area contributed by atoms with E-state index in [0.29, 0.717) is 6.01 Å². The maximum atomic E-state index is 6.13. The number of anilines is 1. The van der Waals surface area contributed by atoms with E-state index in [0.717, 1.165) is 63.5 Å². The van der Waals surface area contributed by atoms with Crippen LogP contribution in [0.4, 0.5) is 5.82 Å². The molecular formula is C18H30N4O2. The molecule has 0 N–H and O–H groups in total. The summed E-state index contributed by atoms with van der Waals surface area (Å²) < 4.78 is 11.7. The Bertz CT molecular complexity index is 514. The Labute approximate surface area is 145 Å². The van der Waals surface area contributed by atoms with E-state index in [-0.39, 0.29) is 6.10 Å². The summed E-state index contributed by atoms with van der Waals surface area (Å²) in [5.74, 6) is 0.894. The van der Waals surface area contributed by atoms with E-state index in [1.54, 1.807) is 0 Å². The van der Waals surface area contributed by atoms with E-state index in [1.165, 1.54) is 0 Å². The summed E-state index contributed by atoms with van der Waals surface area (Å²) in [5.41, 5.74) is 1.04. The SMILES string of the molecule is C=CCCC(CN1CCCOCC1)Oc1ncc(C)c(N(C)C)n1. The third-order valence-corrected chi connectivity index (χ3v) is 4.09. The Balaban J connectivity index is 2.04. The molecule has 0 saturated carbocycles. The number of hydrogen-bond acceptors (Lipinski definition) is 6. The Kier molecular flexibility index (Phi) is 7.46. The van der Waals surface area contributed by atoms with Crippen LogP contribution < -0.4 is 9.64 Å². The number of allylic oxidation sites excluding steroid dienone is 1. The quantitative estimate of drug-likeness (QED) is 0.680. The summed E-state index contributed by atoms with van der Waals surface area (Å²) in [5, 5.41) is 0. The minimum absolute atomic E-state index is 0.0545. The van der Waals surface area contributed by atoms with Crippen molar-refractivity contribution in [1.29, 1.82) is 0 Å². The summed E-state index contributed by atoms with van der Waals surface area (Å²) in [7, 11) is 3.96. The smallest absolute Gasteiger partial charge is 0.318 e. The topological polar surface area (TPSA) is 50.7 Å². The van der Waals surface area contributed by atoms with Crippen molar-refractivity contribution in [1.82, 2.24) is 14.9 Å². The zero-order valence-corrected chi connectivity index (χ0v) is 15.2. The van der Waals surface area contributed by atoms with Gasteiger partial charge in [0.2, 0.25) is 0 Å². The lowest BCUT2D eigenvalue weighted by atomic mass is 10.2. The Morgan fingerprint density at radius 2 is 2.25 bits per heavy atom. The summed E-state index contributed by atoms with van der Waals surface area (Å²) >= 11 is 0. The largest absolute Gasteiger partial charge is 0.459 e. The van der Waals surface area contributed by atoms with Crippen molar-refractivity contribution in [3.05, 3.63) is 24.4 Å². The van der Waals surface area contributed by atoms with Gasteiger partial charge in [0.25, 0.3) is 0 Å². The highest BCUT2D eigenvalue weighted by atomic mass is 16.5. The lowest BCUT2D eigenvalue weighted by molar-refractivity contribution is 0.106. The average Bonchev–Trinajstić information content (AvgIpc) is 2.82. The highest BCUT2D eigenvalue weighted by Gasteiger charge is 2.18. The van der Waals surface area contributed by atoms with Crippen LogP contribution in [0.25, 0.3) is 0 Å². The van der Waals surface area contributed by atoms with Gasteiger partial charge in [0, 0.05) is 52.1 Å². The molecular weight excluding hydrogens is 304 g/mol. The molecule has 0 radical (unpaired) electrons. The number of hydrogen-bond donors (Lipinski definition) is 0. The predicted molar refractivity (Wildman–Crippen MR) is 96.8 cm³/mol. The third kappa shape index (κ3) is 5.76. The predicted octanol–water partition coefficient (Wildman–Crippen LogP) is 2.29. The van der Waals surface area contributed by atoms with Crippen molar-refractivity contribution in [2.24, 2.45) is 0 Å². The normalized spacial score (nSPS) is 17.1. The highest BCUT2D eigenvalue weighted by Crippen LogP contribution is 2.18. The van der Waals surface area contributed by atoms with E-state index < -0.39 is 0 Å². The van der Waals surface area contributed by atoms with Crippen LogP contribution in [-0.2, 0) is 4.74 Å². The van der Waals surface area contributed by atoms with Gasteiger partial charge in [0.15, 0.2) is 0 Å². The second-order valence-corrected chi connectivity index (χ2v) is 6.43. The minimum atomic E-state index is 0.0545. The van der Waals surface area contributed by atoms with Gasteiger partial charge in [0.05, 0.1) is 6.61 Å². The fraction of sp³-hybridized carbons (Fsp3) is 0.667. The highest BCUT2D eigenvalue weighted by molar-refractivity contribution is 5.44. The second kappa shape index (κ2) is 9.59. The number of ether oxygens (including phenoxy) is 2. The van der Waals surface area contributed by atoms with E-state index in [9.17, 15) is 0 Å². The van der Waals surface area contributed by atoms with Crippen LogP contribution in [0.5, 0.6) is 6.01 Å². The molecule has 1 aromatic heterocycles. The van der Waals surface area contributed by atoms with Gasteiger partial charge >= 0.3 is 6.01 Å². The molecule has 1 aliphatic rings. The molecule has 0 aromatic carbocycles. The van der Waals surface area contributed by atoms with Gasteiger partial charge < -0.3 is 14.4 Å². The molecule has 1 unspecified atom stereocenters. The van der Waals surface area contributed by atoms with Gasteiger partial charge in [-0.3, -0.25) is 4.90 Å². The summed E-state index contributed by atoms with van der Waals surface area (Å²) in [6.07, 6.45) is 6.71. The second-order valence-electron chi connectivity index (χ2n) is 6.43. The van der Waals surface area contributed by atoms with E-state index in [1.807, 2.05) is 38.2 Å². The van der Waals surface area contributed by atoms with Gasteiger partial charge in [-0.15, -0.1) is 6.58 Å². The minimum Gasteiger partial charge on any atom is -0.459 e. The maximum absolute atomic E-state index is 6.13. The average molecular weight is 334 g/mol. The third-order valence-electron chi connectivity index (χ3n) is 4.09. The molecule has 1 fully saturated rings. The number of aromatic nitrogens is 2. The van der Waals surface area contributed by atoms with Crippen LogP contribution in [0.2, 0.25) is 0 Å². The van der Waals surface area contributed by atoms with E-state index >= 15 is 0 Å². The van der Waals surface area contributed by atoms with E-state index in [2.05, 4.69) is 21.4 Å². The molecule has 1 aliphatic heterocycles. The van der Waals surface area contributed by atoms with Crippen LogP contribution in [0.3, 0.4) is 0 Å². The van der Waals surface area contributed by atoms with Crippen LogP contribution in [0.15, 0.2) is 18.9 Å². The maximum Gasteiger partial charge on any atom is 0.318 e. The molecule has 24 heavy (non-hydrogen) atoms. The summed E-state index contributed by atoms with van der Waals surface area (Å²) in [6.45, 7) is 10.3. The molecule has 0 aliphatic carbocycles. The van der Waals surface area contributed by atoms with Crippen molar-refractivity contribution in [2.45, 2.75) is 32.3 Å². The number of aryl methyl sites for hydroxylation is 1. The van der Waals surface area contributed by atoms with Crippen LogP contribution in [0.1, 0.15) is 24.8 Å². The molecule has 6 heteroatoms. The monoisotopic (exact) mass is 334 g/mol. The number of rotatable bonds is 8. The molecule has 1 saturated heterocycles. The van der Waals surface area contributed by atoms with Crippen LogP contribution in [0, 0.1) is 6.92 Å².